The van der Waals surface area contributed by atoms with Crippen LogP contribution in [-0.2, 0) is 20.9 Å². The maximum absolute atomic E-state index is 13.6. The molecule has 1 N–H and O–H groups in total. The Balaban J connectivity index is 1.49. The van der Waals surface area contributed by atoms with Crippen LogP contribution in [0, 0.1) is 20.8 Å². The molecule has 4 rings (SSSR count). The van der Waals surface area contributed by atoms with Crippen LogP contribution in [0.15, 0.2) is 36.4 Å². The van der Waals surface area contributed by atoms with Crippen molar-refractivity contribution in [2.24, 2.45) is 0 Å². The number of ether oxygens (including phenoxy) is 2. The van der Waals surface area contributed by atoms with Crippen molar-refractivity contribution in [3.05, 3.63) is 63.7 Å². The van der Waals surface area contributed by atoms with Crippen LogP contribution in [-0.4, -0.2) is 72.6 Å². The van der Waals surface area contributed by atoms with Crippen LogP contribution in [0.1, 0.15) is 48.4 Å². The van der Waals surface area contributed by atoms with Gasteiger partial charge < -0.3 is 19.7 Å². The molecule has 2 fully saturated rings. The van der Waals surface area contributed by atoms with Gasteiger partial charge in [0.1, 0.15) is 18.0 Å². The standard InChI is InChI=1S/C30H40ClN3O4/c1-21-7-5-6-8-25(21)18-33-13-14-38-30(19-33,20-37-27-15-22(2)29(31)23(3)16-27)17-28(36)34-11-9-26(10-12-34)32-24(4)35/h5-8,15-16,26H,9-14,17-20H2,1-4H3,(H,32,35)/t30-/m1/s1. The molecule has 2 aromatic rings. The van der Waals surface area contributed by atoms with E-state index in [-0.39, 0.29) is 30.9 Å². The number of amides is 2. The van der Waals surface area contributed by atoms with Gasteiger partial charge >= 0.3 is 0 Å². The number of nitrogens with zero attached hydrogens (tertiary/aromatic N) is 2. The molecule has 2 aromatic carbocycles. The zero-order valence-electron chi connectivity index (χ0n) is 23.0. The van der Waals surface area contributed by atoms with Crippen molar-refractivity contribution in [3.63, 3.8) is 0 Å². The summed E-state index contributed by atoms with van der Waals surface area (Å²) in [4.78, 5) is 29.2. The Morgan fingerprint density at radius 2 is 1.76 bits per heavy atom. The number of aryl methyl sites for hydroxylation is 3. The van der Waals surface area contributed by atoms with Crippen molar-refractivity contribution < 1.29 is 19.1 Å². The third-order valence-electron chi connectivity index (χ3n) is 7.62. The summed E-state index contributed by atoms with van der Waals surface area (Å²) in [5, 5.41) is 3.72. The predicted molar refractivity (Wildman–Crippen MR) is 150 cm³/mol. The van der Waals surface area contributed by atoms with Gasteiger partial charge in [-0.05, 0) is 68.0 Å². The zero-order chi connectivity index (χ0) is 27.3. The Morgan fingerprint density at radius 3 is 2.42 bits per heavy atom. The van der Waals surface area contributed by atoms with Crippen LogP contribution in [0.3, 0.4) is 0 Å². The van der Waals surface area contributed by atoms with Crippen LogP contribution in [0.4, 0.5) is 0 Å². The molecule has 0 unspecified atom stereocenters. The van der Waals surface area contributed by atoms with Crippen molar-refractivity contribution in [2.75, 3.05) is 39.4 Å². The number of nitrogens with one attached hydrogen (secondary N) is 1. The summed E-state index contributed by atoms with van der Waals surface area (Å²) in [7, 11) is 0. The highest BCUT2D eigenvalue weighted by molar-refractivity contribution is 6.32. The first kappa shape index (κ1) is 28.4. The van der Waals surface area contributed by atoms with E-state index in [0.717, 1.165) is 47.8 Å². The summed E-state index contributed by atoms with van der Waals surface area (Å²) in [5.41, 5.74) is 3.68. The van der Waals surface area contributed by atoms with Crippen molar-refractivity contribution in [2.45, 2.75) is 65.1 Å². The number of likely N-dealkylation sites (tertiary alicyclic amines) is 1. The second-order valence-corrected chi connectivity index (χ2v) is 11.2. The molecule has 0 aromatic heterocycles. The maximum Gasteiger partial charge on any atom is 0.225 e. The molecule has 2 saturated heterocycles. The van der Waals surface area contributed by atoms with Gasteiger partial charge in [0, 0.05) is 50.7 Å². The molecule has 2 aliphatic rings. The van der Waals surface area contributed by atoms with Gasteiger partial charge in [-0.3, -0.25) is 14.5 Å². The minimum atomic E-state index is -0.770. The number of hydrogen-bond acceptors (Lipinski definition) is 5. The molecule has 206 valence electrons. The highest BCUT2D eigenvalue weighted by atomic mass is 35.5. The topological polar surface area (TPSA) is 71.1 Å². The summed E-state index contributed by atoms with van der Waals surface area (Å²) < 4.78 is 12.7. The van der Waals surface area contributed by atoms with E-state index in [2.05, 4.69) is 41.4 Å². The van der Waals surface area contributed by atoms with Crippen LogP contribution in [0.2, 0.25) is 5.02 Å². The van der Waals surface area contributed by atoms with Crippen molar-refractivity contribution in [1.29, 1.82) is 0 Å². The van der Waals surface area contributed by atoms with E-state index in [1.165, 1.54) is 18.1 Å². The Kier molecular flexibility index (Phi) is 9.34. The molecule has 0 bridgehead atoms. The van der Waals surface area contributed by atoms with Crippen molar-refractivity contribution >= 4 is 23.4 Å². The van der Waals surface area contributed by atoms with Gasteiger partial charge in [0.2, 0.25) is 11.8 Å². The van der Waals surface area contributed by atoms with Gasteiger partial charge in [-0.15, -0.1) is 0 Å². The van der Waals surface area contributed by atoms with E-state index in [0.29, 0.717) is 26.2 Å². The van der Waals surface area contributed by atoms with E-state index < -0.39 is 5.60 Å². The van der Waals surface area contributed by atoms with E-state index in [4.69, 9.17) is 21.1 Å². The van der Waals surface area contributed by atoms with Crippen LogP contribution in [0.25, 0.3) is 0 Å². The first-order valence-electron chi connectivity index (χ1n) is 13.5. The Bertz CT molecular complexity index is 1130. The lowest BCUT2D eigenvalue weighted by Crippen LogP contribution is -2.57. The van der Waals surface area contributed by atoms with E-state index in [1.54, 1.807) is 0 Å². The molecule has 2 amide bonds. The highest BCUT2D eigenvalue weighted by Crippen LogP contribution is 2.30. The number of morpholine rings is 1. The lowest BCUT2D eigenvalue weighted by molar-refractivity contribution is -0.157. The maximum atomic E-state index is 13.6. The smallest absolute Gasteiger partial charge is 0.225 e. The number of carbonyl (C=O) groups excluding carboxylic acids is 2. The van der Waals surface area contributed by atoms with Crippen LogP contribution in [0.5, 0.6) is 5.75 Å². The largest absolute Gasteiger partial charge is 0.490 e. The molecule has 1 atom stereocenters. The van der Waals surface area contributed by atoms with Gasteiger partial charge in [0.15, 0.2) is 0 Å². The van der Waals surface area contributed by atoms with E-state index >= 15 is 0 Å². The summed E-state index contributed by atoms with van der Waals surface area (Å²) >= 11 is 6.37. The monoisotopic (exact) mass is 541 g/mol. The number of rotatable bonds is 8. The van der Waals surface area contributed by atoms with Gasteiger partial charge in [-0.25, -0.2) is 0 Å². The number of hydrogen-bond donors (Lipinski definition) is 1. The first-order chi connectivity index (χ1) is 18.1. The fourth-order valence-electron chi connectivity index (χ4n) is 5.48. The Labute approximate surface area is 231 Å². The van der Waals surface area contributed by atoms with Crippen molar-refractivity contribution in [3.8, 4) is 5.75 Å². The van der Waals surface area contributed by atoms with Crippen LogP contribution >= 0.6 is 11.6 Å². The van der Waals surface area contributed by atoms with Gasteiger partial charge in [-0.1, -0.05) is 35.9 Å². The summed E-state index contributed by atoms with van der Waals surface area (Å²) in [5.74, 6) is 0.769. The van der Waals surface area contributed by atoms with Crippen molar-refractivity contribution in [1.82, 2.24) is 15.1 Å². The summed E-state index contributed by atoms with van der Waals surface area (Å²) in [6.07, 6.45) is 1.77. The predicted octanol–water partition coefficient (Wildman–Crippen LogP) is 4.43. The second kappa shape index (κ2) is 12.5. The molecular formula is C30H40ClN3O4. The van der Waals surface area contributed by atoms with Crippen LogP contribution < -0.4 is 10.1 Å². The molecule has 2 aliphatic heterocycles. The average Bonchev–Trinajstić information content (AvgIpc) is 2.87. The van der Waals surface area contributed by atoms with Gasteiger partial charge in [0.05, 0.1) is 13.0 Å². The van der Waals surface area contributed by atoms with E-state index in [1.807, 2.05) is 30.9 Å². The minimum absolute atomic E-state index is 0.0251. The summed E-state index contributed by atoms with van der Waals surface area (Å²) in [6, 6.07) is 12.4. The van der Waals surface area contributed by atoms with Gasteiger partial charge in [0.25, 0.3) is 0 Å². The number of halogens is 1. The molecular weight excluding hydrogens is 502 g/mol. The molecule has 2 heterocycles. The molecule has 0 saturated carbocycles. The summed E-state index contributed by atoms with van der Waals surface area (Å²) in [6.45, 7) is 11.9. The fraction of sp³-hybridized carbons (Fsp3) is 0.533. The third-order valence-corrected chi connectivity index (χ3v) is 8.22. The Morgan fingerprint density at radius 1 is 1.08 bits per heavy atom. The lowest BCUT2D eigenvalue weighted by Gasteiger charge is -2.43. The minimum Gasteiger partial charge on any atom is -0.490 e. The van der Waals surface area contributed by atoms with E-state index in [9.17, 15) is 9.59 Å². The highest BCUT2D eigenvalue weighted by Gasteiger charge is 2.41. The molecule has 0 aliphatic carbocycles. The third kappa shape index (κ3) is 7.28. The first-order valence-corrected chi connectivity index (χ1v) is 13.9. The normalized spacial score (nSPS) is 20.8. The molecule has 8 heteroatoms. The second-order valence-electron chi connectivity index (χ2n) is 10.9. The number of piperidine rings is 1. The average molecular weight is 542 g/mol. The molecule has 7 nitrogen and oxygen atoms in total. The fourth-order valence-corrected chi connectivity index (χ4v) is 5.59. The zero-order valence-corrected chi connectivity index (χ0v) is 23.8. The molecule has 38 heavy (non-hydrogen) atoms. The quantitative estimate of drug-likeness (QED) is 0.535. The molecule has 0 spiro atoms. The number of benzene rings is 2. The lowest BCUT2D eigenvalue weighted by atomic mass is 9.95. The molecule has 0 radical (unpaired) electrons. The SMILES string of the molecule is CC(=O)NC1CCN(C(=O)C[C@]2(COc3cc(C)c(Cl)c(C)c3)CN(Cc3ccccc3C)CCO2)CC1. The Hall–Kier alpha value is -2.61. The van der Waals surface area contributed by atoms with Gasteiger partial charge in [-0.2, -0.15) is 0 Å². The number of carbonyl (C=O) groups is 2.